The predicted molar refractivity (Wildman–Crippen MR) is 106 cm³/mol. The van der Waals surface area contributed by atoms with E-state index in [1.807, 2.05) is 39.8 Å². The zero-order chi connectivity index (χ0) is 20.4. The number of hydrogen-bond donors (Lipinski definition) is 2. The zero-order valence-electron chi connectivity index (χ0n) is 17.0. The number of ether oxygens (including phenoxy) is 1. The summed E-state index contributed by atoms with van der Waals surface area (Å²) in [6, 6.07) is 3.81. The molecule has 8 heteroatoms. The van der Waals surface area contributed by atoms with Gasteiger partial charge in [0.25, 0.3) is 0 Å². The van der Waals surface area contributed by atoms with Gasteiger partial charge in [-0.25, -0.2) is 14.8 Å². The summed E-state index contributed by atoms with van der Waals surface area (Å²) in [5, 5.41) is 3.00. The van der Waals surface area contributed by atoms with E-state index in [1.165, 1.54) is 0 Å². The van der Waals surface area contributed by atoms with Crippen LogP contribution in [0.1, 0.15) is 46.4 Å². The SMILES string of the molecule is CC(C)(C)OC(=O)N1CC[C@](C)(C(=O)NCCCc2nc3ncccc3[nH]2)C1. The van der Waals surface area contributed by atoms with E-state index in [0.717, 1.165) is 24.2 Å². The molecule has 2 amide bonds. The summed E-state index contributed by atoms with van der Waals surface area (Å²) < 4.78 is 5.41. The normalized spacial score (nSPS) is 19.8. The van der Waals surface area contributed by atoms with Gasteiger partial charge >= 0.3 is 6.09 Å². The van der Waals surface area contributed by atoms with Gasteiger partial charge in [-0.15, -0.1) is 0 Å². The van der Waals surface area contributed by atoms with Crippen molar-refractivity contribution >= 4 is 23.2 Å². The van der Waals surface area contributed by atoms with Crippen LogP contribution in [-0.4, -0.2) is 57.1 Å². The third-order valence-corrected chi connectivity index (χ3v) is 4.86. The van der Waals surface area contributed by atoms with Crippen LogP contribution in [0.2, 0.25) is 0 Å². The van der Waals surface area contributed by atoms with Crippen LogP contribution in [0.5, 0.6) is 0 Å². The van der Waals surface area contributed by atoms with E-state index in [2.05, 4.69) is 20.3 Å². The van der Waals surface area contributed by atoms with Crippen molar-refractivity contribution in [1.82, 2.24) is 25.2 Å². The molecule has 0 radical (unpaired) electrons. The molecule has 0 saturated carbocycles. The average molecular weight is 387 g/mol. The lowest BCUT2D eigenvalue weighted by Gasteiger charge is -2.26. The first-order chi connectivity index (χ1) is 13.2. The van der Waals surface area contributed by atoms with Crippen molar-refractivity contribution in [3.8, 4) is 0 Å². The fourth-order valence-electron chi connectivity index (χ4n) is 3.31. The van der Waals surface area contributed by atoms with Gasteiger partial charge in [0.15, 0.2) is 5.65 Å². The molecular formula is C20H29N5O3. The van der Waals surface area contributed by atoms with E-state index < -0.39 is 11.0 Å². The molecule has 1 aliphatic rings. The van der Waals surface area contributed by atoms with Gasteiger partial charge < -0.3 is 19.9 Å². The first kappa shape index (κ1) is 20.1. The van der Waals surface area contributed by atoms with Crippen LogP contribution in [0.3, 0.4) is 0 Å². The van der Waals surface area contributed by atoms with E-state index in [9.17, 15) is 9.59 Å². The minimum Gasteiger partial charge on any atom is -0.444 e. The fourth-order valence-corrected chi connectivity index (χ4v) is 3.31. The molecule has 2 N–H and O–H groups in total. The second-order valence-corrected chi connectivity index (χ2v) is 8.63. The number of carbonyl (C=O) groups is 2. The Morgan fingerprint density at radius 3 is 2.89 bits per heavy atom. The molecule has 1 aliphatic heterocycles. The molecular weight excluding hydrogens is 358 g/mol. The molecule has 1 fully saturated rings. The van der Waals surface area contributed by atoms with E-state index in [0.29, 0.717) is 31.7 Å². The molecule has 3 heterocycles. The van der Waals surface area contributed by atoms with Crippen molar-refractivity contribution in [3.05, 3.63) is 24.2 Å². The number of aromatic nitrogens is 3. The monoisotopic (exact) mass is 387 g/mol. The number of hydrogen-bond acceptors (Lipinski definition) is 5. The van der Waals surface area contributed by atoms with Crippen LogP contribution in [0.15, 0.2) is 18.3 Å². The van der Waals surface area contributed by atoms with Crippen LogP contribution in [-0.2, 0) is 16.0 Å². The van der Waals surface area contributed by atoms with Crippen molar-refractivity contribution in [2.75, 3.05) is 19.6 Å². The minimum absolute atomic E-state index is 0.0233. The zero-order valence-corrected chi connectivity index (χ0v) is 17.0. The first-order valence-corrected chi connectivity index (χ1v) is 9.72. The number of H-pyrrole nitrogens is 1. The highest BCUT2D eigenvalue weighted by molar-refractivity contribution is 5.84. The predicted octanol–water partition coefficient (Wildman–Crippen LogP) is 2.65. The molecule has 0 aromatic carbocycles. The van der Waals surface area contributed by atoms with Gasteiger partial charge in [0.2, 0.25) is 5.91 Å². The van der Waals surface area contributed by atoms with Gasteiger partial charge in [-0.3, -0.25) is 4.79 Å². The number of aromatic amines is 1. The lowest BCUT2D eigenvalue weighted by molar-refractivity contribution is -0.129. The Hall–Kier alpha value is -2.64. The van der Waals surface area contributed by atoms with Crippen LogP contribution >= 0.6 is 0 Å². The van der Waals surface area contributed by atoms with Crippen LogP contribution in [0.4, 0.5) is 4.79 Å². The molecule has 0 spiro atoms. The number of likely N-dealkylation sites (tertiary alicyclic amines) is 1. The van der Waals surface area contributed by atoms with Gasteiger partial charge in [-0.2, -0.15) is 0 Å². The lowest BCUT2D eigenvalue weighted by Crippen LogP contribution is -2.43. The van der Waals surface area contributed by atoms with Crippen LogP contribution in [0, 0.1) is 5.41 Å². The number of imidazole rings is 1. The quantitative estimate of drug-likeness (QED) is 0.768. The molecule has 0 unspecified atom stereocenters. The molecule has 28 heavy (non-hydrogen) atoms. The smallest absolute Gasteiger partial charge is 0.410 e. The highest BCUT2D eigenvalue weighted by Gasteiger charge is 2.42. The number of aryl methyl sites for hydroxylation is 1. The second kappa shape index (κ2) is 7.77. The summed E-state index contributed by atoms with van der Waals surface area (Å²) in [7, 11) is 0. The lowest BCUT2D eigenvalue weighted by atomic mass is 9.89. The van der Waals surface area contributed by atoms with Gasteiger partial charge in [0, 0.05) is 32.3 Å². The number of pyridine rings is 1. The van der Waals surface area contributed by atoms with E-state index in [4.69, 9.17) is 4.74 Å². The fraction of sp³-hybridized carbons (Fsp3) is 0.600. The summed E-state index contributed by atoms with van der Waals surface area (Å²) in [6.45, 7) is 8.89. The average Bonchev–Trinajstić information content (AvgIpc) is 3.21. The highest BCUT2D eigenvalue weighted by atomic mass is 16.6. The first-order valence-electron chi connectivity index (χ1n) is 9.72. The van der Waals surface area contributed by atoms with Crippen LogP contribution < -0.4 is 5.32 Å². The van der Waals surface area contributed by atoms with Gasteiger partial charge in [0.1, 0.15) is 11.4 Å². The Morgan fingerprint density at radius 2 is 2.18 bits per heavy atom. The summed E-state index contributed by atoms with van der Waals surface area (Å²) in [5.74, 6) is 0.843. The number of carbonyl (C=O) groups excluding carboxylic acids is 2. The molecule has 3 rings (SSSR count). The second-order valence-electron chi connectivity index (χ2n) is 8.63. The number of rotatable bonds is 5. The van der Waals surface area contributed by atoms with Crippen molar-refractivity contribution in [2.24, 2.45) is 5.41 Å². The van der Waals surface area contributed by atoms with Crippen LogP contribution in [0.25, 0.3) is 11.2 Å². The molecule has 2 aromatic heterocycles. The summed E-state index contributed by atoms with van der Waals surface area (Å²) in [5.41, 5.74) is 0.509. The van der Waals surface area contributed by atoms with Crippen molar-refractivity contribution < 1.29 is 14.3 Å². The largest absolute Gasteiger partial charge is 0.444 e. The third-order valence-electron chi connectivity index (χ3n) is 4.86. The summed E-state index contributed by atoms with van der Waals surface area (Å²) in [6.07, 6.45) is 3.50. The summed E-state index contributed by atoms with van der Waals surface area (Å²) in [4.78, 5) is 38.4. The van der Waals surface area contributed by atoms with Gasteiger partial charge in [0.05, 0.1) is 10.9 Å². The standard InChI is InChI=1S/C20H29N5O3/c1-19(2,3)28-18(27)25-12-9-20(4,13-25)17(26)22-11-6-8-15-23-14-7-5-10-21-16(14)24-15/h5,7,10H,6,8-9,11-13H2,1-4H3,(H,22,26)(H,21,23,24)/t20-/m0/s1. The third kappa shape index (κ3) is 4.79. The molecule has 0 bridgehead atoms. The molecule has 1 saturated heterocycles. The van der Waals surface area contributed by atoms with Crippen molar-refractivity contribution in [3.63, 3.8) is 0 Å². The molecule has 152 valence electrons. The molecule has 2 aromatic rings. The number of nitrogens with one attached hydrogen (secondary N) is 2. The maximum atomic E-state index is 12.6. The maximum Gasteiger partial charge on any atom is 0.410 e. The van der Waals surface area contributed by atoms with E-state index in [-0.39, 0.29) is 12.0 Å². The topological polar surface area (TPSA) is 100 Å². The molecule has 1 atom stereocenters. The van der Waals surface area contributed by atoms with E-state index in [1.54, 1.807) is 11.1 Å². The Morgan fingerprint density at radius 1 is 1.39 bits per heavy atom. The van der Waals surface area contributed by atoms with E-state index >= 15 is 0 Å². The van der Waals surface area contributed by atoms with Crippen molar-refractivity contribution in [2.45, 2.75) is 52.6 Å². The number of nitrogens with zero attached hydrogens (tertiary/aromatic N) is 3. The molecule has 0 aliphatic carbocycles. The van der Waals surface area contributed by atoms with Gasteiger partial charge in [-0.05, 0) is 52.7 Å². The Bertz CT molecular complexity index is 824. The number of fused-ring (bicyclic) bond motifs is 1. The highest BCUT2D eigenvalue weighted by Crippen LogP contribution is 2.31. The Labute approximate surface area is 165 Å². The Balaban J connectivity index is 1.44. The summed E-state index contributed by atoms with van der Waals surface area (Å²) >= 11 is 0. The minimum atomic E-state index is -0.583. The van der Waals surface area contributed by atoms with Crippen molar-refractivity contribution in [1.29, 1.82) is 0 Å². The Kier molecular flexibility index (Phi) is 5.58. The number of amides is 2. The molecule has 8 nitrogen and oxygen atoms in total. The maximum absolute atomic E-state index is 12.6. The van der Waals surface area contributed by atoms with Gasteiger partial charge in [-0.1, -0.05) is 0 Å².